The van der Waals surface area contributed by atoms with Crippen molar-refractivity contribution in [2.24, 2.45) is 0 Å². The van der Waals surface area contributed by atoms with E-state index in [1.807, 2.05) is 0 Å². The maximum atomic E-state index is 12.7. The molecule has 110 valence electrons. The van der Waals surface area contributed by atoms with Gasteiger partial charge in [0.15, 0.2) is 0 Å². The van der Waals surface area contributed by atoms with Gasteiger partial charge in [-0.25, -0.2) is 17.5 Å². The lowest BCUT2D eigenvalue weighted by atomic mass is 10.3. The van der Waals surface area contributed by atoms with E-state index >= 15 is 0 Å². The second-order valence-corrected chi connectivity index (χ2v) is 6.18. The van der Waals surface area contributed by atoms with Crippen molar-refractivity contribution in [2.75, 3.05) is 32.7 Å². The molecule has 1 aliphatic rings. The van der Waals surface area contributed by atoms with Crippen LogP contribution in [0.1, 0.15) is 0 Å². The standard InChI is InChI=1S/C12H16FN3O3S/c13-10-1-3-11(4-2-10)20(18,19)15-9-12(17)16-7-5-14-6-8-16/h1-4,14-15H,5-9H2. The topological polar surface area (TPSA) is 78.5 Å². The molecule has 0 unspecified atom stereocenters. The number of amides is 1. The number of sulfonamides is 1. The summed E-state index contributed by atoms with van der Waals surface area (Å²) in [4.78, 5) is 13.4. The first-order valence-corrected chi connectivity index (χ1v) is 7.71. The molecule has 1 aromatic carbocycles. The molecule has 1 saturated heterocycles. The summed E-state index contributed by atoms with van der Waals surface area (Å²) in [5.74, 6) is -0.780. The molecule has 2 N–H and O–H groups in total. The van der Waals surface area contributed by atoms with E-state index in [4.69, 9.17) is 0 Å². The minimum atomic E-state index is -3.79. The van der Waals surface area contributed by atoms with Gasteiger partial charge in [-0.05, 0) is 24.3 Å². The van der Waals surface area contributed by atoms with Crippen LogP contribution in [0.5, 0.6) is 0 Å². The second kappa shape index (κ2) is 6.29. The summed E-state index contributed by atoms with van der Waals surface area (Å²) in [6.07, 6.45) is 0. The molecule has 1 heterocycles. The van der Waals surface area contributed by atoms with Crippen molar-refractivity contribution in [1.29, 1.82) is 0 Å². The fourth-order valence-corrected chi connectivity index (χ4v) is 2.85. The molecule has 6 nitrogen and oxygen atoms in total. The van der Waals surface area contributed by atoms with Crippen LogP contribution in [0.25, 0.3) is 0 Å². The molecule has 2 rings (SSSR count). The molecule has 0 aliphatic carbocycles. The monoisotopic (exact) mass is 301 g/mol. The highest BCUT2D eigenvalue weighted by Crippen LogP contribution is 2.09. The summed E-state index contributed by atoms with van der Waals surface area (Å²) in [7, 11) is -3.79. The first-order chi connectivity index (χ1) is 9.49. The number of nitrogens with zero attached hydrogens (tertiary/aromatic N) is 1. The van der Waals surface area contributed by atoms with Gasteiger partial charge in [-0.3, -0.25) is 4.79 Å². The van der Waals surface area contributed by atoms with Crippen LogP contribution in [-0.4, -0.2) is 51.9 Å². The maximum Gasteiger partial charge on any atom is 0.241 e. The third-order valence-electron chi connectivity index (χ3n) is 3.01. The Labute approximate surface area is 117 Å². The lowest BCUT2D eigenvalue weighted by Gasteiger charge is -2.27. The van der Waals surface area contributed by atoms with E-state index in [-0.39, 0.29) is 17.3 Å². The molecule has 0 bridgehead atoms. The molecule has 1 amide bonds. The quantitative estimate of drug-likeness (QED) is 0.788. The number of piperazine rings is 1. The second-order valence-electron chi connectivity index (χ2n) is 4.41. The minimum absolute atomic E-state index is 0.0630. The van der Waals surface area contributed by atoms with Gasteiger partial charge in [-0.2, -0.15) is 0 Å². The number of halogens is 1. The zero-order chi connectivity index (χ0) is 14.6. The Bertz CT molecular complexity index is 568. The molecule has 20 heavy (non-hydrogen) atoms. The van der Waals surface area contributed by atoms with E-state index in [0.29, 0.717) is 26.2 Å². The van der Waals surface area contributed by atoms with Gasteiger partial charge in [0.05, 0.1) is 11.4 Å². The Morgan fingerprint density at radius 2 is 1.85 bits per heavy atom. The summed E-state index contributed by atoms with van der Waals surface area (Å²) in [6.45, 7) is 2.25. The summed E-state index contributed by atoms with van der Waals surface area (Å²) in [5.41, 5.74) is 0. The zero-order valence-corrected chi connectivity index (χ0v) is 11.6. The van der Waals surface area contributed by atoms with Crippen molar-refractivity contribution in [3.63, 3.8) is 0 Å². The lowest BCUT2D eigenvalue weighted by molar-refractivity contribution is -0.130. The zero-order valence-electron chi connectivity index (χ0n) is 10.8. The fraction of sp³-hybridized carbons (Fsp3) is 0.417. The van der Waals surface area contributed by atoms with Crippen LogP contribution in [0, 0.1) is 5.82 Å². The van der Waals surface area contributed by atoms with E-state index in [1.54, 1.807) is 4.90 Å². The van der Waals surface area contributed by atoms with Crippen LogP contribution >= 0.6 is 0 Å². The molecule has 0 spiro atoms. The normalized spacial score (nSPS) is 16.1. The first kappa shape index (κ1) is 14.9. The number of hydrogen-bond donors (Lipinski definition) is 2. The summed E-state index contributed by atoms with van der Waals surface area (Å²) in [6, 6.07) is 4.44. The molecular formula is C12H16FN3O3S. The minimum Gasteiger partial charge on any atom is -0.339 e. The smallest absolute Gasteiger partial charge is 0.241 e. The van der Waals surface area contributed by atoms with Crippen LogP contribution in [-0.2, 0) is 14.8 Å². The van der Waals surface area contributed by atoms with Gasteiger partial charge in [0, 0.05) is 26.2 Å². The molecule has 0 radical (unpaired) electrons. The number of benzene rings is 1. The SMILES string of the molecule is O=C(CNS(=O)(=O)c1ccc(F)cc1)N1CCNCC1. The van der Waals surface area contributed by atoms with Crippen molar-refractivity contribution < 1.29 is 17.6 Å². The predicted octanol–water partition coefficient (Wildman–Crippen LogP) is -0.464. The average Bonchev–Trinajstić information content (AvgIpc) is 2.46. The van der Waals surface area contributed by atoms with Gasteiger partial charge in [0.25, 0.3) is 0 Å². The highest BCUT2D eigenvalue weighted by Gasteiger charge is 2.20. The molecule has 1 aliphatic heterocycles. The molecular weight excluding hydrogens is 285 g/mol. The Balaban J connectivity index is 1.95. The van der Waals surface area contributed by atoms with Crippen molar-refractivity contribution in [1.82, 2.24) is 14.9 Å². The first-order valence-electron chi connectivity index (χ1n) is 6.23. The predicted molar refractivity (Wildman–Crippen MR) is 71.0 cm³/mol. The Morgan fingerprint density at radius 1 is 1.25 bits per heavy atom. The molecule has 1 fully saturated rings. The largest absolute Gasteiger partial charge is 0.339 e. The highest BCUT2D eigenvalue weighted by molar-refractivity contribution is 7.89. The van der Waals surface area contributed by atoms with Gasteiger partial charge in [0.1, 0.15) is 5.82 Å². The maximum absolute atomic E-state index is 12.7. The van der Waals surface area contributed by atoms with Crippen molar-refractivity contribution in [3.05, 3.63) is 30.1 Å². The molecule has 1 aromatic rings. The van der Waals surface area contributed by atoms with Crippen LogP contribution in [0.2, 0.25) is 0 Å². The van der Waals surface area contributed by atoms with E-state index in [1.165, 1.54) is 0 Å². The van der Waals surface area contributed by atoms with Crippen molar-refractivity contribution in [2.45, 2.75) is 4.90 Å². The van der Waals surface area contributed by atoms with Gasteiger partial charge in [-0.15, -0.1) is 0 Å². The van der Waals surface area contributed by atoms with E-state index < -0.39 is 15.8 Å². The van der Waals surface area contributed by atoms with Crippen molar-refractivity contribution >= 4 is 15.9 Å². The summed E-state index contributed by atoms with van der Waals surface area (Å²) < 4.78 is 38.8. The summed E-state index contributed by atoms with van der Waals surface area (Å²) in [5, 5.41) is 3.11. The Hall–Kier alpha value is -1.51. The third-order valence-corrected chi connectivity index (χ3v) is 4.42. The molecule has 0 atom stereocenters. The Kier molecular flexibility index (Phi) is 4.69. The van der Waals surface area contributed by atoms with Crippen LogP contribution in [0.4, 0.5) is 4.39 Å². The number of rotatable bonds is 4. The number of carbonyl (C=O) groups is 1. The van der Waals surface area contributed by atoms with Gasteiger partial charge in [-0.1, -0.05) is 0 Å². The van der Waals surface area contributed by atoms with E-state index in [9.17, 15) is 17.6 Å². The number of carbonyl (C=O) groups excluding carboxylic acids is 1. The Morgan fingerprint density at radius 3 is 2.45 bits per heavy atom. The third kappa shape index (κ3) is 3.75. The van der Waals surface area contributed by atoms with E-state index in [2.05, 4.69) is 10.0 Å². The molecule has 0 saturated carbocycles. The number of hydrogen-bond acceptors (Lipinski definition) is 4. The fourth-order valence-electron chi connectivity index (χ4n) is 1.88. The highest BCUT2D eigenvalue weighted by atomic mass is 32.2. The average molecular weight is 301 g/mol. The lowest BCUT2D eigenvalue weighted by Crippen LogP contribution is -2.49. The number of nitrogens with one attached hydrogen (secondary N) is 2. The van der Waals surface area contributed by atoms with Crippen molar-refractivity contribution in [3.8, 4) is 0 Å². The molecule has 8 heteroatoms. The van der Waals surface area contributed by atoms with Gasteiger partial charge < -0.3 is 10.2 Å². The van der Waals surface area contributed by atoms with Crippen LogP contribution < -0.4 is 10.0 Å². The van der Waals surface area contributed by atoms with Gasteiger partial charge in [0.2, 0.25) is 15.9 Å². The van der Waals surface area contributed by atoms with Crippen LogP contribution in [0.3, 0.4) is 0 Å². The van der Waals surface area contributed by atoms with E-state index in [0.717, 1.165) is 24.3 Å². The summed E-state index contributed by atoms with van der Waals surface area (Å²) >= 11 is 0. The molecule has 0 aromatic heterocycles. The van der Waals surface area contributed by atoms with Gasteiger partial charge >= 0.3 is 0 Å². The van der Waals surface area contributed by atoms with Crippen LogP contribution in [0.15, 0.2) is 29.2 Å².